The molecule has 1 N–H and O–H groups in total. The van der Waals surface area contributed by atoms with Crippen LogP contribution in [-0.4, -0.2) is 12.5 Å². The highest BCUT2D eigenvalue weighted by Crippen LogP contribution is 2.25. The van der Waals surface area contributed by atoms with Crippen LogP contribution in [0.4, 0.5) is 17.1 Å². The van der Waals surface area contributed by atoms with Crippen LogP contribution in [0.25, 0.3) is 0 Å². The monoisotopic (exact) mass is 254 g/mol. The molecular formula is C16H18N2O. The summed E-state index contributed by atoms with van der Waals surface area (Å²) in [5.74, 6) is -0.0526. The van der Waals surface area contributed by atoms with Crippen molar-refractivity contribution >= 4 is 23.0 Å². The molecule has 0 aliphatic carbocycles. The van der Waals surface area contributed by atoms with Crippen molar-refractivity contribution in [3.63, 3.8) is 0 Å². The Bertz CT molecular complexity index is 534. The number of para-hydroxylation sites is 1. The summed E-state index contributed by atoms with van der Waals surface area (Å²) in [5.41, 5.74) is 3.10. The normalized spacial score (nSPS) is 10.0. The smallest absolute Gasteiger partial charge is 0.221 e. The zero-order valence-corrected chi connectivity index (χ0v) is 11.3. The van der Waals surface area contributed by atoms with Crippen molar-refractivity contribution in [2.75, 3.05) is 16.8 Å². The van der Waals surface area contributed by atoms with E-state index >= 15 is 0 Å². The van der Waals surface area contributed by atoms with Gasteiger partial charge in [-0.3, -0.25) is 4.79 Å². The Kier molecular flexibility index (Phi) is 4.18. The first-order chi connectivity index (χ1) is 9.20. The number of carbonyl (C=O) groups is 1. The fraction of sp³-hybridized carbons (Fsp3) is 0.188. The van der Waals surface area contributed by atoms with Gasteiger partial charge in [-0.15, -0.1) is 0 Å². The van der Waals surface area contributed by atoms with Gasteiger partial charge in [0.25, 0.3) is 0 Å². The van der Waals surface area contributed by atoms with Crippen LogP contribution in [0.3, 0.4) is 0 Å². The summed E-state index contributed by atoms with van der Waals surface area (Å²) in [6.45, 7) is 4.52. The number of benzene rings is 2. The van der Waals surface area contributed by atoms with Gasteiger partial charge in [0.15, 0.2) is 0 Å². The average molecular weight is 254 g/mol. The summed E-state index contributed by atoms with van der Waals surface area (Å²) in [6.07, 6.45) is 0. The molecule has 0 aliphatic rings. The molecule has 2 rings (SSSR count). The zero-order chi connectivity index (χ0) is 13.7. The first-order valence-electron chi connectivity index (χ1n) is 6.41. The lowest BCUT2D eigenvalue weighted by Gasteiger charge is -2.23. The number of hydrogen-bond donors (Lipinski definition) is 1. The molecule has 1 amide bonds. The van der Waals surface area contributed by atoms with Crippen LogP contribution in [-0.2, 0) is 4.79 Å². The van der Waals surface area contributed by atoms with Gasteiger partial charge in [-0.1, -0.05) is 18.2 Å². The van der Waals surface area contributed by atoms with Crippen LogP contribution in [0, 0.1) is 0 Å². The second-order valence-corrected chi connectivity index (χ2v) is 4.31. The van der Waals surface area contributed by atoms with Crippen molar-refractivity contribution in [2.24, 2.45) is 0 Å². The Morgan fingerprint density at radius 1 is 1.00 bits per heavy atom. The largest absolute Gasteiger partial charge is 0.342 e. The molecule has 0 saturated heterocycles. The van der Waals surface area contributed by atoms with Crippen molar-refractivity contribution in [2.45, 2.75) is 13.8 Å². The molecule has 0 spiro atoms. The molecule has 0 unspecified atom stereocenters. The van der Waals surface area contributed by atoms with Gasteiger partial charge in [-0.25, -0.2) is 0 Å². The lowest BCUT2D eigenvalue weighted by atomic mass is 10.2. The highest BCUT2D eigenvalue weighted by atomic mass is 16.1. The van der Waals surface area contributed by atoms with Gasteiger partial charge < -0.3 is 10.2 Å². The van der Waals surface area contributed by atoms with Crippen molar-refractivity contribution in [3.05, 3.63) is 54.6 Å². The minimum atomic E-state index is -0.0526. The number of amides is 1. The van der Waals surface area contributed by atoms with Gasteiger partial charge >= 0.3 is 0 Å². The lowest BCUT2D eigenvalue weighted by Crippen LogP contribution is -2.15. The maximum Gasteiger partial charge on any atom is 0.221 e. The quantitative estimate of drug-likeness (QED) is 0.900. The van der Waals surface area contributed by atoms with Gasteiger partial charge in [-0.2, -0.15) is 0 Å². The van der Waals surface area contributed by atoms with Crippen molar-refractivity contribution in [3.8, 4) is 0 Å². The molecule has 2 aromatic carbocycles. The van der Waals surface area contributed by atoms with Crippen LogP contribution in [0.5, 0.6) is 0 Å². The highest BCUT2D eigenvalue weighted by Gasteiger charge is 2.06. The summed E-state index contributed by atoms with van der Waals surface area (Å²) in [4.78, 5) is 13.2. The SMILES string of the molecule is CCN(c1ccccc1)c1ccc(NC(C)=O)cc1. The molecule has 98 valence electrons. The van der Waals surface area contributed by atoms with Gasteiger partial charge in [-0.05, 0) is 43.3 Å². The lowest BCUT2D eigenvalue weighted by molar-refractivity contribution is -0.114. The summed E-state index contributed by atoms with van der Waals surface area (Å²) >= 11 is 0. The van der Waals surface area contributed by atoms with Crippen LogP contribution in [0.1, 0.15) is 13.8 Å². The summed E-state index contributed by atoms with van der Waals surface area (Å²) in [7, 11) is 0. The van der Waals surface area contributed by atoms with Crippen LogP contribution in [0.15, 0.2) is 54.6 Å². The number of nitrogens with one attached hydrogen (secondary N) is 1. The van der Waals surface area contributed by atoms with E-state index in [4.69, 9.17) is 0 Å². The van der Waals surface area contributed by atoms with Crippen LogP contribution in [0.2, 0.25) is 0 Å². The Balaban J connectivity index is 2.22. The molecule has 0 radical (unpaired) electrons. The van der Waals surface area contributed by atoms with Gasteiger partial charge in [0.2, 0.25) is 5.91 Å². The number of carbonyl (C=O) groups excluding carboxylic acids is 1. The van der Waals surface area contributed by atoms with Crippen LogP contribution >= 0.6 is 0 Å². The third-order valence-electron chi connectivity index (χ3n) is 2.88. The number of nitrogens with zero attached hydrogens (tertiary/aromatic N) is 1. The van der Waals surface area contributed by atoms with E-state index in [9.17, 15) is 4.79 Å². The van der Waals surface area contributed by atoms with E-state index in [1.165, 1.54) is 6.92 Å². The Labute approximate surface area is 113 Å². The molecule has 19 heavy (non-hydrogen) atoms. The highest BCUT2D eigenvalue weighted by molar-refractivity contribution is 5.88. The van der Waals surface area contributed by atoms with Gasteiger partial charge in [0, 0.05) is 30.5 Å². The molecule has 0 bridgehead atoms. The van der Waals surface area contributed by atoms with Crippen molar-refractivity contribution in [1.29, 1.82) is 0 Å². The first-order valence-corrected chi connectivity index (χ1v) is 6.41. The molecule has 0 aliphatic heterocycles. The average Bonchev–Trinajstić information content (AvgIpc) is 2.42. The maximum atomic E-state index is 11.0. The maximum absolute atomic E-state index is 11.0. The fourth-order valence-electron chi connectivity index (χ4n) is 2.05. The number of rotatable bonds is 4. The van der Waals surface area contributed by atoms with E-state index in [0.29, 0.717) is 0 Å². The molecular weight excluding hydrogens is 236 g/mol. The predicted molar refractivity (Wildman–Crippen MR) is 79.9 cm³/mol. The van der Waals surface area contributed by atoms with Gasteiger partial charge in [0.1, 0.15) is 0 Å². The Morgan fingerprint density at radius 2 is 1.58 bits per heavy atom. The molecule has 0 atom stereocenters. The second kappa shape index (κ2) is 6.05. The molecule has 0 heterocycles. The van der Waals surface area contributed by atoms with E-state index in [1.54, 1.807) is 0 Å². The van der Waals surface area contributed by atoms with E-state index in [-0.39, 0.29) is 5.91 Å². The Hall–Kier alpha value is -2.29. The fourth-order valence-corrected chi connectivity index (χ4v) is 2.05. The summed E-state index contributed by atoms with van der Waals surface area (Å²) < 4.78 is 0. The molecule has 0 fully saturated rings. The summed E-state index contributed by atoms with van der Waals surface area (Å²) in [5, 5.41) is 2.77. The second-order valence-electron chi connectivity index (χ2n) is 4.31. The van der Waals surface area contributed by atoms with Gasteiger partial charge in [0.05, 0.1) is 0 Å². The third-order valence-corrected chi connectivity index (χ3v) is 2.88. The topological polar surface area (TPSA) is 32.3 Å². The standard InChI is InChI=1S/C16H18N2O/c1-3-18(15-7-5-4-6-8-15)16-11-9-14(10-12-16)17-13(2)19/h4-12H,3H2,1-2H3,(H,17,19). The minimum absolute atomic E-state index is 0.0526. The minimum Gasteiger partial charge on any atom is -0.342 e. The number of anilines is 3. The molecule has 0 aromatic heterocycles. The van der Waals surface area contributed by atoms with E-state index in [0.717, 1.165) is 23.6 Å². The van der Waals surface area contributed by atoms with Crippen LogP contribution < -0.4 is 10.2 Å². The molecule has 0 saturated carbocycles. The van der Waals surface area contributed by atoms with E-state index < -0.39 is 0 Å². The number of hydrogen-bond acceptors (Lipinski definition) is 2. The predicted octanol–water partition coefficient (Wildman–Crippen LogP) is 3.80. The first kappa shape index (κ1) is 13.1. The third kappa shape index (κ3) is 3.35. The van der Waals surface area contributed by atoms with E-state index in [2.05, 4.69) is 29.3 Å². The van der Waals surface area contributed by atoms with E-state index in [1.807, 2.05) is 42.5 Å². The molecule has 2 aromatic rings. The zero-order valence-electron chi connectivity index (χ0n) is 11.3. The Morgan fingerprint density at radius 3 is 2.11 bits per heavy atom. The van der Waals surface area contributed by atoms with Crippen molar-refractivity contribution in [1.82, 2.24) is 0 Å². The molecule has 3 nitrogen and oxygen atoms in total. The summed E-state index contributed by atoms with van der Waals surface area (Å²) in [6, 6.07) is 18.1. The molecule has 3 heteroatoms. The van der Waals surface area contributed by atoms with Crippen molar-refractivity contribution < 1.29 is 4.79 Å².